The molecule has 2 aromatic heterocycles. The van der Waals surface area contributed by atoms with Crippen LogP contribution in [0.15, 0.2) is 48.7 Å². The fourth-order valence-corrected chi connectivity index (χ4v) is 2.66. The van der Waals surface area contributed by atoms with Crippen LogP contribution in [-0.4, -0.2) is 15.5 Å². The van der Waals surface area contributed by atoms with E-state index in [2.05, 4.69) is 10.3 Å². The minimum Gasteiger partial charge on any atom is -0.345 e. The molecule has 21 heavy (non-hydrogen) atoms. The zero-order valence-corrected chi connectivity index (χ0v) is 12.3. The quantitative estimate of drug-likeness (QED) is 0.807. The van der Waals surface area contributed by atoms with Gasteiger partial charge in [-0.3, -0.25) is 9.78 Å². The molecular weight excluding hydrogens is 286 g/mol. The van der Waals surface area contributed by atoms with Crippen molar-refractivity contribution < 1.29 is 4.79 Å². The van der Waals surface area contributed by atoms with Gasteiger partial charge >= 0.3 is 0 Å². The van der Waals surface area contributed by atoms with E-state index in [9.17, 15) is 4.79 Å². The van der Waals surface area contributed by atoms with Crippen molar-refractivity contribution >= 4 is 28.4 Å². The minimum absolute atomic E-state index is 0.143. The third-order valence-corrected chi connectivity index (χ3v) is 3.70. The topological polar surface area (TPSA) is 46.9 Å². The van der Waals surface area contributed by atoms with E-state index in [1.807, 2.05) is 54.1 Å². The van der Waals surface area contributed by atoms with Crippen LogP contribution in [0, 0.1) is 0 Å². The number of hydrogen-bond acceptors (Lipinski definition) is 2. The Balaban J connectivity index is 1.85. The lowest BCUT2D eigenvalue weighted by atomic mass is 10.2. The number of nitrogens with zero attached hydrogens (tertiary/aromatic N) is 2. The first-order valence-electron chi connectivity index (χ1n) is 6.59. The van der Waals surface area contributed by atoms with Crippen LogP contribution in [0.25, 0.3) is 10.9 Å². The molecule has 1 N–H and O–H groups in total. The Morgan fingerprint density at radius 1 is 1.29 bits per heavy atom. The highest BCUT2D eigenvalue weighted by atomic mass is 35.5. The van der Waals surface area contributed by atoms with Gasteiger partial charge in [-0.25, -0.2) is 0 Å². The molecule has 4 nitrogen and oxygen atoms in total. The molecule has 0 saturated carbocycles. The van der Waals surface area contributed by atoms with Gasteiger partial charge in [0.2, 0.25) is 0 Å². The Labute approximate surface area is 127 Å². The maximum absolute atomic E-state index is 12.3. The molecule has 5 heteroatoms. The number of nitrogens with one attached hydrogen (secondary N) is 1. The van der Waals surface area contributed by atoms with Crippen molar-refractivity contribution in [2.24, 2.45) is 7.05 Å². The maximum Gasteiger partial charge on any atom is 0.268 e. The van der Waals surface area contributed by atoms with Crippen molar-refractivity contribution in [2.45, 2.75) is 6.54 Å². The van der Waals surface area contributed by atoms with Crippen LogP contribution in [0.4, 0.5) is 0 Å². The molecule has 0 atom stereocenters. The standard InChI is InChI=1S/C16H14ClN3O/c1-20-14(9-11-5-4-7-13(17)15(11)20)16(21)19-10-12-6-2-3-8-18-12/h2-9H,10H2,1H3,(H,19,21). The van der Waals surface area contributed by atoms with Gasteiger partial charge in [-0.2, -0.15) is 0 Å². The molecule has 0 radical (unpaired) electrons. The lowest BCUT2D eigenvalue weighted by Crippen LogP contribution is -2.25. The van der Waals surface area contributed by atoms with Crippen LogP contribution in [0.5, 0.6) is 0 Å². The molecular formula is C16H14ClN3O. The summed E-state index contributed by atoms with van der Waals surface area (Å²) >= 11 is 6.19. The Morgan fingerprint density at radius 3 is 2.86 bits per heavy atom. The summed E-state index contributed by atoms with van der Waals surface area (Å²) in [7, 11) is 1.84. The number of rotatable bonds is 3. The number of halogens is 1. The number of aromatic nitrogens is 2. The average Bonchev–Trinajstić information content (AvgIpc) is 2.84. The van der Waals surface area contributed by atoms with E-state index in [-0.39, 0.29) is 5.91 Å². The van der Waals surface area contributed by atoms with Crippen LogP contribution in [0.1, 0.15) is 16.2 Å². The molecule has 1 aromatic carbocycles. The highest BCUT2D eigenvalue weighted by Crippen LogP contribution is 2.26. The SMILES string of the molecule is Cn1c(C(=O)NCc2ccccn2)cc2cccc(Cl)c21. The van der Waals surface area contributed by atoms with Crippen molar-refractivity contribution in [3.8, 4) is 0 Å². The van der Waals surface area contributed by atoms with E-state index in [1.54, 1.807) is 6.20 Å². The van der Waals surface area contributed by atoms with Gasteiger partial charge in [0, 0.05) is 18.6 Å². The second-order valence-electron chi connectivity index (χ2n) is 4.77. The normalized spacial score (nSPS) is 10.8. The zero-order chi connectivity index (χ0) is 14.8. The average molecular weight is 300 g/mol. The number of amides is 1. The smallest absolute Gasteiger partial charge is 0.268 e. The molecule has 0 aliphatic rings. The molecule has 1 amide bonds. The van der Waals surface area contributed by atoms with E-state index >= 15 is 0 Å². The Hall–Kier alpha value is -2.33. The second-order valence-corrected chi connectivity index (χ2v) is 5.18. The summed E-state index contributed by atoms with van der Waals surface area (Å²) < 4.78 is 1.81. The molecule has 2 heterocycles. The number of fused-ring (bicyclic) bond motifs is 1. The minimum atomic E-state index is -0.143. The number of benzene rings is 1. The predicted molar refractivity (Wildman–Crippen MR) is 83.3 cm³/mol. The van der Waals surface area contributed by atoms with Crippen LogP contribution >= 0.6 is 11.6 Å². The fourth-order valence-electron chi connectivity index (χ4n) is 2.35. The summed E-state index contributed by atoms with van der Waals surface area (Å²) in [5.74, 6) is -0.143. The van der Waals surface area contributed by atoms with Gasteiger partial charge in [0.25, 0.3) is 5.91 Å². The third kappa shape index (κ3) is 2.62. The van der Waals surface area contributed by atoms with Crippen molar-refractivity contribution in [1.29, 1.82) is 0 Å². The maximum atomic E-state index is 12.3. The molecule has 3 aromatic rings. The number of carbonyl (C=O) groups is 1. The van der Waals surface area contributed by atoms with Crippen molar-refractivity contribution in [1.82, 2.24) is 14.9 Å². The molecule has 0 aliphatic carbocycles. The monoisotopic (exact) mass is 299 g/mol. The third-order valence-electron chi connectivity index (χ3n) is 3.40. The summed E-state index contributed by atoms with van der Waals surface area (Å²) in [5.41, 5.74) is 2.26. The summed E-state index contributed by atoms with van der Waals surface area (Å²) in [4.78, 5) is 16.5. The van der Waals surface area contributed by atoms with Crippen LogP contribution in [0.2, 0.25) is 5.02 Å². The summed E-state index contributed by atoms with van der Waals surface area (Å²) in [5, 5.41) is 4.46. The first-order chi connectivity index (χ1) is 10.2. The molecule has 0 fully saturated rings. The van der Waals surface area contributed by atoms with E-state index in [4.69, 9.17) is 11.6 Å². The van der Waals surface area contributed by atoms with Gasteiger partial charge in [-0.05, 0) is 24.3 Å². The summed E-state index contributed by atoms with van der Waals surface area (Å²) in [6, 6.07) is 13.1. The summed E-state index contributed by atoms with van der Waals surface area (Å²) in [6.45, 7) is 0.398. The number of para-hydroxylation sites is 1. The number of pyridine rings is 1. The first-order valence-corrected chi connectivity index (χ1v) is 6.96. The number of hydrogen-bond donors (Lipinski definition) is 1. The van der Waals surface area contributed by atoms with Gasteiger partial charge in [-0.1, -0.05) is 29.8 Å². The van der Waals surface area contributed by atoms with Crippen molar-refractivity contribution in [3.63, 3.8) is 0 Å². The molecule has 0 bridgehead atoms. The highest BCUT2D eigenvalue weighted by Gasteiger charge is 2.14. The number of aryl methyl sites for hydroxylation is 1. The number of carbonyl (C=O) groups excluding carboxylic acids is 1. The van der Waals surface area contributed by atoms with Gasteiger partial charge in [0.1, 0.15) is 5.69 Å². The Morgan fingerprint density at radius 2 is 2.14 bits per heavy atom. The highest BCUT2D eigenvalue weighted by molar-refractivity contribution is 6.35. The van der Waals surface area contributed by atoms with Crippen LogP contribution in [-0.2, 0) is 13.6 Å². The Kier molecular flexibility index (Phi) is 3.62. The Bertz CT molecular complexity index is 796. The second kappa shape index (κ2) is 5.58. The zero-order valence-electron chi connectivity index (χ0n) is 11.5. The molecule has 0 unspecified atom stereocenters. The largest absolute Gasteiger partial charge is 0.345 e. The lowest BCUT2D eigenvalue weighted by Gasteiger charge is -2.06. The van der Waals surface area contributed by atoms with E-state index in [1.165, 1.54) is 0 Å². The molecule has 0 spiro atoms. The molecule has 0 aliphatic heterocycles. The van der Waals surface area contributed by atoms with E-state index in [0.717, 1.165) is 16.6 Å². The van der Waals surface area contributed by atoms with E-state index in [0.29, 0.717) is 17.3 Å². The van der Waals surface area contributed by atoms with Gasteiger partial charge in [-0.15, -0.1) is 0 Å². The van der Waals surface area contributed by atoms with Crippen LogP contribution in [0.3, 0.4) is 0 Å². The molecule has 106 valence electrons. The first kappa shape index (κ1) is 13.6. The molecule has 0 saturated heterocycles. The predicted octanol–water partition coefficient (Wildman–Crippen LogP) is 3.16. The van der Waals surface area contributed by atoms with Gasteiger partial charge in [0.05, 0.1) is 22.8 Å². The summed E-state index contributed by atoms with van der Waals surface area (Å²) in [6.07, 6.45) is 1.71. The van der Waals surface area contributed by atoms with Crippen molar-refractivity contribution in [3.05, 3.63) is 65.1 Å². The molecule has 3 rings (SSSR count). The fraction of sp³-hybridized carbons (Fsp3) is 0.125. The van der Waals surface area contributed by atoms with Crippen LogP contribution < -0.4 is 5.32 Å². The van der Waals surface area contributed by atoms with Gasteiger partial charge in [0.15, 0.2) is 0 Å². The van der Waals surface area contributed by atoms with Gasteiger partial charge < -0.3 is 9.88 Å². The van der Waals surface area contributed by atoms with E-state index < -0.39 is 0 Å². The lowest BCUT2D eigenvalue weighted by molar-refractivity contribution is 0.0942. The van der Waals surface area contributed by atoms with Crippen molar-refractivity contribution in [2.75, 3.05) is 0 Å².